The summed E-state index contributed by atoms with van der Waals surface area (Å²) in [7, 11) is 4.79. The molecule has 14 nitrogen and oxygen atoms in total. The molecule has 3 aliphatic heterocycles. The Kier molecular flexibility index (Phi) is 11.5. The summed E-state index contributed by atoms with van der Waals surface area (Å²) < 4.78 is 36.9. The maximum absolute atomic E-state index is 13.2. The average Bonchev–Trinajstić information content (AvgIpc) is 3.75. The molecule has 6 rings (SSSR count). The highest BCUT2D eigenvalue weighted by molar-refractivity contribution is 6.08. The van der Waals surface area contributed by atoms with Crippen LogP contribution in [0.1, 0.15) is 30.5 Å². The van der Waals surface area contributed by atoms with Crippen LogP contribution in [-0.2, 0) is 34.1 Å². The minimum Gasteiger partial charge on any atom is -0.497 e. The largest absolute Gasteiger partial charge is 0.497 e. The first-order chi connectivity index (χ1) is 25.2. The van der Waals surface area contributed by atoms with E-state index in [9.17, 15) is 14.7 Å². The van der Waals surface area contributed by atoms with Gasteiger partial charge in [0.25, 0.3) is 5.91 Å². The monoisotopic (exact) mass is 715 g/mol. The van der Waals surface area contributed by atoms with Crippen LogP contribution in [0.4, 0.5) is 0 Å². The van der Waals surface area contributed by atoms with Crippen molar-refractivity contribution in [2.45, 2.75) is 56.2 Å². The molecule has 14 heteroatoms. The Morgan fingerprint density at radius 1 is 0.923 bits per heavy atom. The van der Waals surface area contributed by atoms with Crippen molar-refractivity contribution in [1.29, 1.82) is 0 Å². The van der Waals surface area contributed by atoms with Crippen molar-refractivity contribution in [3.63, 3.8) is 0 Å². The van der Waals surface area contributed by atoms with Crippen LogP contribution in [0.3, 0.4) is 0 Å². The third-order valence-electron chi connectivity index (χ3n) is 9.33. The lowest BCUT2D eigenvalue weighted by Crippen LogP contribution is -2.59. The molecule has 3 aromatic rings. The van der Waals surface area contributed by atoms with Gasteiger partial charge < -0.3 is 38.4 Å². The summed E-state index contributed by atoms with van der Waals surface area (Å²) in [4.78, 5) is 36.5. The van der Waals surface area contributed by atoms with Crippen LogP contribution in [0.25, 0.3) is 0 Å². The molecular formula is C38H45N5O9. The van der Waals surface area contributed by atoms with Gasteiger partial charge in [-0.1, -0.05) is 68.4 Å². The van der Waals surface area contributed by atoms with Gasteiger partial charge in [-0.25, -0.2) is 4.99 Å². The summed E-state index contributed by atoms with van der Waals surface area (Å²) in [5, 5.41) is 16.2. The molecule has 52 heavy (non-hydrogen) atoms. The minimum absolute atomic E-state index is 0.0175. The highest BCUT2D eigenvalue weighted by Crippen LogP contribution is 2.45. The molecule has 6 atom stereocenters. The fraction of sp³-hybridized carbons (Fsp3) is 0.421. The van der Waals surface area contributed by atoms with Gasteiger partial charge in [-0.05, 0) is 41.0 Å². The van der Waals surface area contributed by atoms with E-state index in [1.54, 1.807) is 40.1 Å². The molecule has 1 saturated heterocycles. The van der Waals surface area contributed by atoms with Gasteiger partial charge in [-0.2, -0.15) is 0 Å². The van der Waals surface area contributed by atoms with Gasteiger partial charge in [0.1, 0.15) is 35.4 Å². The maximum atomic E-state index is 13.2. The van der Waals surface area contributed by atoms with E-state index in [0.717, 1.165) is 16.7 Å². The SMILES string of the molecule is COCCO[C@@H]1[C@H](OC(c2ccccc2)(c2ccc(OC)cc2)c2ccc(OC)cc2)[C@@H](CO)O[C@H]1N1C=NC2C(=O)NC(NC(=O)C(C)C)=NC21. The first-order valence-electron chi connectivity index (χ1n) is 17.1. The Bertz CT molecular complexity index is 1690. The van der Waals surface area contributed by atoms with Crippen LogP contribution >= 0.6 is 0 Å². The third kappa shape index (κ3) is 7.25. The summed E-state index contributed by atoms with van der Waals surface area (Å²) in [6, 6.07) is 24.1. The zero-order chi connectivity index (χ0) is 36.8. The van der Waals surface area contributed by atoms with Crippen LogP contribution in [0.5, 0.6) is 11.5 Å². The molecule has 0 radical (unpaired) electrons. The van der Waals surface area contributed by atoms with E-state index in [1.165, 1.54) is 6.34 Å². The van der Waals surface area contributed by atoms with Crippen molar-refractivity contribution in [1.82, 2.24) is 15.5 Å². The van der Waals surface area contributed by atoms with E-state index >= 15 is 0 Å². The number of aliphatic hydroxyl groups excluding tert-OH is 1. The molecule has 3 heterocycles. The zero-order valence-electron chi connectivity index (χ0n) is 29.8. The second-order valence-electron chi connectivity index (χ2n) is 12.8. The number of aliphatic imine (C=N–C) groups is 2. The highest BCUT2D eigenvalue weighted by atomic mass is 16.6. The number of rotatable bonds is 14. The molecule has 0 aromatic heterocycles. The molecule has 0 saturated carbocycles. The maximum Gasteiger partial charge on any atom is 0.255 e. The fourth-order valence-electron chi connectivity index (χ4n) is 6.61. The molecule has 2 unspecified atom stereocenters. The molecule has 0 spiro atoms. The first kappa shape index (κ1) is 36.9. The van der Waals surface area contributed by atoms with Gasteiger partial charge in [-0.15, -0.1) is 0 Å². The van der Waals surface area contributed by atoms with E-state index < -0.39 is 54.9 Å². The number of methoxy groups -OCH3 is 3. The second-order valence-corrected chi connectivity index (χ2v) is 12.8. The number of nitrogens with one attached hydrogen (secondary N) is 2. The number of nitrogens with zero attached hydrogens (tertiary/aromatic N) is 3. The van der Waals surface area contributed by atoms with E-state index in [1.807, 2.05) is 78.9 Å². The molecule has 3 aromatic carbocycles. The van der Waals surface area contributed by atoms with Crippen molar-refractivity contribution in [2.24, 2.45) is 15.9 Å². The number of hydrogen-bond donors (Lipinski definition) is 3. The van der Waals surface area contributed by atoms with Crippen LogP contribution in [0.15, 0.2) is 88.8 Å². The molecule has 1 fully saturated rings. The normalized spacial score (nSPS) is 24.0. The van der Waals surface area contributed by atoms with Crippen LogP contribution in [-0.4, -0.2) is 112 Å². The van der Waals surface area contributed by atoms with E-state index in [-0.39, 0.29) is 31.0 Å². The number of benzene rings is 3. The predicted molar refractivity (Wildman–Crippen MR) is 191 cm³/mol. The Hall–Kier alpha value is -4.86. The number of fused-ring (bicyclic) bond motifs is 1. The zero-order valence-corrected chi connectivity index (χ0v) is 29.8. The van der Waals surface area contributed by atoms with E-state index in [0.29, 0.717) is 11.5 Å². The number of aliphatic hydroxyl groups is 1. The van der Waals surface area contributed by atoms with Gasteiger partial charge in [-0.3, -0.25) is 25.2 Å². The Morgan fingerprint density at radius 3 is 2.10 bits per heavy atom. The highest BCUT2D eigenvalue weighted by Gasteiger charge is 2.56. The lowest BCUT2D eigenvalue weighted by Gasteiger charge is -2.41. The van der Waals surface area contributed by atoms with Crippen LogP contribution in [0, 0.1) is 5.92 Å². The molecule has 0 aliphatic carbocycles. The Balaban J connectivity index is 1.46. The summed E-state index contributed by atoms with van der Waals surface area (Å²) in [5.41, 5.74) is 1.10. The van der Waals surface area contributed by atoms with Crippen molar-refractivity contribution < 1.29 is 43.1 Å². The molecular weight excluding hydrogens is 670 g/mol. The fourth-order valence-corrected chi connectivity index (χ4v) is 6.61. The van der Waals surface area contributed by atoms with Gasteiger partial charge in [0.15, 0.2) is 18.4 Å². The van der Waals surface area contributed by atoms with E-state index in [4.69, 9.17) is 28.4 Å². The Labute approximate surface area is 302 Å². The molecule has 0 bridgehead atoms. The smallest absolute Gasteiger partial charge is 0.255 e. The number of ether oxygens (including phenoxy) is 6. The van der Waals surface area contributed by atoms with Gasteiger partial charge in [0.05, 0.1) is 40.4 Å². The van der Waals surface area contributed by atoms with Gasteiger partial charge >= 0.3 is 0 Å². The summed E-state index contributed by atoms with van der Waals surface area (Å²) in [5.74, 6) is 0.286. The number of amides is 2. The minimum atomic E-state index is -1.27. The van der Waals surface area contributed by atoms with Crippen LogP contribution in [0.2, 0.25) is 0 Å². The van der Waals surface area contributed by atoms with Crippen molar-refractivity contribution >= 4 is 24.1 Å². The number of guanidine groups is 1. The van der Waals surface area contributed by atoms with Crippen molar-refractivity contribution in [2.75, 3.05) is 41.2 Å². The van der Waals surface area contributed by atoms with Crippen molar-refractivity contribution in [3.05, 3.63) is 95.6 Å². The molecule has 3 N–H and O–H groups in total. The Morgan fingerprint density at radius 2 is 1.54 bits per heavy atom. The molecule has 3 aliphatic rings. The average molecular weight is 716 g/mol. The van der Waals surface area contributed by atoms with E-state index in [2.05, 4.69) is 20.6 Å². The molecule has 2 amide bonds. The van der Waals surface area contributed by atoms with Crippen molar-refractivity contribution in [3.8, 4) is 11.5 Å². The quantitative estimate of drug-likeness (QED) is 0.167. The first-order valence-corrected chi connectivity index (χ1v) is 17.1. The second kappa shape index (κ2) is 16.2. The lowest BCUT2D eigenvalue weighted by atomic mass is 9.79. The third-order valence-corrected chi connectivity index (χ3v) is 9.33. The molecule has 276 valence electrons. The summed E-state index contributed by atoms with van der Waals surface area (Å²) in [6.45, 7) is 3.50. The number of hydrogen-bond acceptors (Lipinski definition) is 12. The van der Waals surface area contributed by atoms with Gasteiger partial charge in [0, 0.05) is 13.0 Å². The lowest BCUT2D eigenvalue weighted by molar-refractivity contribution is -0.132. The number of carbonyl (C=O) groups is 2. The summed E-state index contributed by atoms with van der Waals surface area (Å²) in [6.07, 6.45) is -2.94. The van der Waals surface area contributed by atoms with Gasteiger partial charge in [0.2, 0.25) is 11.9 Å². The standard InChI is InChI=1S/C38H45N5O9/c1-23(2)34(45)41-37-40-33-30(35(46)42-37)39-22-43(33)36-32(50-20-19-47-3)31(29(21-44)51-36)52-38(24-9-7-6-8-10-24,25-11-15-27(48-4)16-12-25)26-13-17-28(49-5)18-14-26/h6-18,22-23,29-33,36,44H,19-21H2,1-5H3,(H2,40,41,42,45,46)/t29-,30?,31-,32-,33?,36-/m1/s1. The van der Waals surface area contributed by atoms with Crippen LogP contribution < -0.4 is 20.1 Å². The number of carbonyl (C=O) groups excluding carboxylic acids is 2. The topological polar surface area (TPSA) is 162 Å². The summed E-state index contributed by atoms with van der Waals surface area (Å²) >= 11 is 0. The predicted octanol–water partition coefficient (Wildman–Crippen LogP) is 2.43.